The van der Waals surface area contributed by atoms with Crippen molar-refractivity contribution in [1.29, 1.82) is 0 Å². The van der Waals surface area contributed by atoms with Gasteiger partial charge >= 0.3 is 12.4 Å². The Balaban J connectivity index is 1.95. The van der Waals surface area contributed by atoms with Crippen LogP contribution in [0.2, 0.25) is 0 Å². The SMILES string of the molecule is CCOc1ccc(NC(=O)c2cnn(-c3ccc(C(F)(F)F)cn3)c2C(F)(F)F)cc1OCC. The van der Waals surface area contributed by atoms with Gasteiger partial charge in [0.05, 0.1) is 30.5 Å². The standard InChI is InChI=1S/C21H18F6N4O3/c1-3-33-15-7-6-13(9-16(15)34-4-2)30-19(32)14-11-29-31(18(14)21(25,26)27)17-8-5-12(10-28-17)20(22,23)24/h5-11H,3-4H2,1-2H3,(H,30,32). The molecule has 1 aromatic carbocycles. The third kappa shape index (κ3) is 5.41. The van der Waals surface area contributed by atoms with Gasteiger partial charge in [-0.25, -0.2) is 9.67 Å². The zero-order valence-corrected chi connectivity index (χ0v) is 17.8. The Morgan fingerprint density at radius 1 is 0.941 bits per heavy atom. The number of rotatable bonds is 7. The monoisotopic (exact) mass is 488 g/mol. The lowest BCUT2D eigenvalue weighted by Crippen LogP contribution is -2.21. The largest absolute Gasteiger partial charge is 0.490 e. The summed E-state index contributed by atoms with van der Waals surface area (Å²) in [6.07, 6.45) is -8.74. The summed E-state index contributed by atoms with van der Waals surface area (Å²) in [5.74, 6) is -1.02. The third-order valence-corrected chi connectivity index (χ3v) is 4.38. The molecule has 0 aliphatic rings. The number of carbonyl (C=O) groups excluding carboxylic acids is 1. The predicted octanol–water partition coefficient (Wildman–Crippen LogP) is 5.35. The van der Waals surface area contributed by atoms with E-state index in [0.29, 0.717) is 30.8 Å². The van der Waals surface area contributed by atoms with Crippen molar-refractivity contribution in [3.63, 3.8) is 0 Å². The number of carbonyl (C=O) groups is 1. The van der Waals surface area contributed by atoms with E-state index in [4.69, 9.17) is 9.47 Å². The Morgan fingerprint density at radius 3 is 2.18 bits per heavy atom. The minimum atomic E-state index is -5.07. The normalized spacial score (nSPS) is 11.9. The number of halogens is 6. The highest BCUT2D eigenvalue weighted by atomic mass is 19.4. The first-order valence-electron chi connectivity index (χ1n) is 9.85. The number of amides is 1. The first kappa shape index (κ1) is 24.9. The second-order valence-electron chi connectivity index (χ2n) is 6.70. The van der Waals surface area contributed by atoms with Gasteiger partial charge in [0.25, 0.3) is 5.91 Å². The molecule has 0 unspecified atom stereocenters. The van der Waals surface area contributed by atoms with Gasteiger partial charge < -0.3 is 14.8 Å². The van der Waals surface area contributed by atoms with E-state index in [9.17, 15) is 31.1 Å². The van der Waals surface area contributed by atoms with E-state index in [1.807, 2.05) is 0 Å². The summed E-state index contributed by atoms with van der Waals surface area (Å²) in [5, 5.41) is 5.88. The molecule has 0 atom stereocenters. The van der Waals surface area contributed by atoms with Gasteiger partial charge in [0, 0.05) is 18.0 Å². The van der Waals surface area contributed by atoms with E-state index in [1.165, 1.54) is 18.2 Å². The van der Waals surface area contributed by atoms with Gasteiger partial charge in [-0.3, -0.25) is 4.79 Å². The maximum absolute atomic E-state index is 13.8. The second kappa shape index (κ2) is 9.61. The van der Waals surface area contributed by atoms with Crippen molar-refractivity contribution in [1.82, 2.24) is 14.8 Å². The Labute approximate surface area is 189 Å². The summed E-state index contributed by atoms with van der Waals surface area (Å²) in [7, 11) is 0. The Hall–Kier alpha value is -3.77. The zero-order valence-electron chi connectivity index (χ0n) is 17.8. The summed E-state index contributed by atoms with van der Waals surface area (Å²) in [4.78, 5) is 16.1. The van der Waals surface area contributed by atoms with Crippen LogP contribution in [0.1, 0.15) is 35.5 Å². The number of pyridine rings is 1. The van der Waals surface area contributed by atoms with Crippen LogP contribution in [0.4, 0.5) is 32.0 Å². The van der Waals surface area contributed by atoms with Crippen LogP contribution in [0.3, 0.4) is 0 Å². The van der Waals surface area contributed by atoms with E-state index in [-0.39, 0.29) is 22.7 Å². The number of nitrogens with zero attached hydrogens (tertiary/aromatic N) is 3. The number of hydrogen-bond donors (Lipinski definition) is 1. The van der Waals surface area contributed by atoms with E-state index in [2.05, 4.69) is 15.4 Å². The molecule has 3 aromatic rings. The van der Waals surface area contributed by atoms with Gasteiger partial charge in [0.15, 0.2) is 23.0 Å². The van der Waals surface area contributed by atoms with Crippen LogP contribution in [0.5, 0.6) is 11.5 Å². The summed E-state index contributed by atoms with van der Waals surface area (Å²) in [6, 6.07) is 5.60. The molecule has 1 N–H and O–H groups in total. The van der Waals surface area contributed by atoms with Crippen LogP contribution in [0.15, 0.2) is 42.7 Å². The number of aromatic nitrogens is 3. The summed E-state index contributed by atoms with van der Waals surface area (Å²) in [6.45, 7) is 4.11. The number of ether oxygens (including phenoxy) is 2. The van der Waals surface area contributed by atoms with Gasteiger partial charge in [-0.1, -0.05) is 0 Å². The zero-order chi connectivity index (χ0) is 25.1. The Kier molecular flexibility index (Phi) is 7.03. The van der Waals surface area contributed by atoms with E-state index in [1.54, 1.807) is 13.8 Å². The van der Waals surface area contributed by atoms with Crippen LogP contribution >= 0.6 is 0 Å². The summed E-state index contributed by atoms with van der Waals surface area (Å²) < 4.78 is 90.8. The number of alkyl halides is 6. The topological polar surface area (TPSA) is 78.3 Å². The highest BCUT2D eigenvalue weighted by Gasteiger charge is 2.41. The van der Waals surface area contributed by atoms with Crippen LogP contribution in [0.25, 0.3) is 5.82 Å². The molecule has 0 radical (unpaired) electrons. The average molecular weight is 488 g/mol. The van der Waals surface area contributed by atoms with E-state index < -0.39 is 40.9 Å². The lowest BCUT2D eigenvalue weighted by molar-refractivity contribution is -0.143. The van der Waals surface area contributed by atoms with Crippen LogP contribution < -0.4 is 14.8 Å². The number of hydrogen-bond acceptors (Lipinski definition) is 5. The van der Waals surface area contributed by atoms with E-state index >= 15 is 0 Å². The smallest absolute Gasteiger partial charge is 0.434 e. The van der Waals surface area contributed by atoms with Crippen LogP contribution in [-0.4, -0.2) is 33.9 Å². The minimum absolute atomic E-state index is 0.130. The summed E-state index contributed by atoms with van der Waals surface area (Å²) in [5.41, 5.74) is -3.35. The lowest BCUT2D eigenvalue weighted by atomic mass is 10.2. The third-order valence-electron chi connectivity index (χ3n) is 4.38. The molecule has 34 heavy (non-hydrogen) atoms. The van der Waals surface area contributed by atoms with Crippen molar-refractivity contribution in [3.05, 3.63) is 59.5 Å². The number of benzene rings is 1. The van der Waals surface area contributed by atoms with Crippen molar-refractivity contribution in [3.8, 4) is 17.3 Å². The summed E-state index contributed by atoms with van der Waals surface area (Å²) >= 11 is 0. The van der Waals surface area contributed by atoms with Crippen molar-refractivity contribution in [2.45, 2.75) is 26.2 Å². The highest BCUT2D eigenvalue weighted by Crippen LogP contribution is 2.35. The van der Waals surface area contributed by atoms with Crippen molar-refractivity contribution < 1.29 is 40.6 Å². The van der Waals surface area contributed by atoms with Crippen LogP contribution in [-0.2, 0) is 12.4 Å². The van der Waals surface area contributed by atoms with Crippen molar-refractivity contribution >= 4 is 11.6 Å². The molecule has 0 saturated carbocycles. The molecule has 0 fully saturated rings. The van der Waals surface area contributed by atoms with Crippen molar-refractivity contribution in [2.75, 3.05) is 18.5 Å². The Morgan fingerprint density at radius 2 is 1.62 bits per heavy atom. The maximum atomic E-state index is 13.8. The van der Waals surface area contributed by atoms with E-state index in [0.717, 1.165) is 6.07 Å². The number of nitrogens with one attached hydrogen (secondary N) is 1. The minimum Gasteiger partial charge on any atom is -0.490 e. The van der Waals surface area contributed by atoms with Gasteiger partial charge in [0.1, 0.15) is 0 Å². The van der Waals surface area contributed by atoms with Gasteiger partial charge in [-0.05, 0) is 38.1 Å². The molecule has 13 heteroatoms. The van der Waals surface area contributed by atoms with Crippen molar-refractivity contribution in [2.24, 2.45) is 0 Å². The fourth-order valence-electron chi connectivity index (χ4n) is 2.97. The first-order chi connectivity index (χ1) is 16.0. The molecule has 0 spiro atoms. The molecule has 0 saturated heterocycles. The average Bonchev–Trinajstić information content (AvgIpc) is 3.21. The quantitative estimate of drug-likeness (QED) is 0.454. The highest BCUT2D eigenvalue weighted by molar-refractivity contribution is 6.05. The maximum Gasteiger partial charge on any atom is 0.434 e. The van der Waals surface area contributed by atoms with Gasteiger partial charge in [-0.15, -0.1) is 0 Å². The Bertz CT molecular complexity index is 1160. The molecule has 0 aliphatic carbocycles. The molecule has 2 heterocycles. The fraction of sp³-hybridized carbons (Fsp3) is 0.286. The lowest BCUT2D eigenvalue weighted by Gasteiger charge is -2.14. The van der Waals surface area contributed by atoms with Gasteiger partial charge in [0.2, 0.25) is 0 Å². The van der Waals surface area contributed by atoms with Gasteiger partial charge in [-0.2, -0.15) is 31.4 Å². The molecular weight excluding hydrogens is 470 g/mol. The molecule has 182 valence electrons. The first-order valence-corrected chi connectivity index (χ1v) is 9.85. The molecule has 2 aromatic heterocycles. The molecule has 0 aliphatic heterocycles. The molecule has 3 rings (SSSR count). The van der Waals surface area contributed by atoms with Crippen LogP contribution in [0, 0.1) is 0 Å². The molecular formula is C21H18F6N4O3. The molecule has 1 amide bonds. The predicted molar refractivity (Wildman–Crippen MR) is 108 cm³/mol. The molecule has 7 nitrogen and oxygen atoms in total. The second-order valence-corrected chi connectivity index (χ2v) is 6.70. The molecule has 0 bridgehead atoms. The fourth-order valence-corrected chi connectivity index (χ4v) is 2.97. The number of anilines is 1.